The van der Waals surface area contributed by atoms with Crippen LogP contribution in [0.25, 0.3) is 5.69 Å². The van der Waals surface area contributed by atoms with Crippen LogP contribution in [0.2, 0.25) is 5.15 Å². The summed E-state index contributed by atoms with van der Waals surface area (Å²) in [5.74, 6) is -0.405. The lowest BCUT2D eigenvalue weighted by Gasteiger charge is -2.23. The first-order valence-corrected chi connectivity index (χ1v) is 9.87. The summed E-state index contributed by atoms with van der Waals surface area (Å²) >= 11 is 7.33. The Bertz CT molecular complexity index is 754. The number of hydrogen-bond donors (Lipinski definition) is 0. The maximum atomic E-state index is 12.7. The molecule has 0 fully saturated rings. The molecule has 10 heteroatoms. The average Bonchev–Trinajstić information content (AvgIpc) is 3.01. The molecule has 2 aromatic heterocycles. The highest BCUT2D eigenvalue weighted by Crippen LogP contribution is 2.28. The third kappa shape index (κ3) is 6.14. The van der Waals surface area contributed by atoms with Gasteiger partial charge in [-0.1, -0.05) is 18.5 Å². The first-order valence-electron chi connectivity index (χ1n) is 8.34. The summed E-state index contributed by atoms with van der Waals surface area (Å²) in [5.41, 5.74) is 1.16. The van der Waals surface area contributed by atoms with Gasteiger partial charge in [0.15, 0.2) is 5.15 Å². The standard InChI is InChI=1S/C17H20ClF3N4OS/c1-3-24(16(26)12(2)11-27-8-6-17(19,20)21)14-10-25(23-15(14)18)13-5-4-7-22-9-13/h4-5,7,9-10,12H,3,6,8,11H2,1-2H3. The van der Waals surface area contributed by atoms with Crippen LogP contribution in [-0.4, -0.2) is 44.9 Å². The Kier molecular flexibility index (Phi) is 7.55. The molecule has 27 heavy (non-hydrogen) atoms. The van der Waals surface area contributed by atoms with Gasteiger partial charge in [-0.15, -0.1) is 0 Å². The van der Waals surface area contributed by atoms with Gasteiger partial charge in [-0.2, -0.15) is 30.0 Å². The van der Waals surface area contributed by atoms with Crippen LogP contribution < -0.4 is 4.90 Å². The van der Waals surface area contributed by atoms with Crippen molar-refractivity contribution in [3.63, 3.8) is 0 Å². The quantitative estimate of drug-likeness (QED) is 0.586. The number of anilines is 1. The van der Waals surface area contributed by atoms with E-state index in [0.717, 1.165) is 11.8 Å². The van der Waals surface area contributed by atoms with Crippen molar-refractivity contribution in [1.29, 1.82) is 0 Å². The second kappa shape index (κ2) is 9.45. The van der Waals surface area contributed by atoms with Gasteiger partial charge in [0.2, 0.25) is 5.91 Å². The lowest BCUT2D eigenvalue weighted by atomic mass is 10.2. The molecule has 2 heterocycles. The molecule has 1 atom stereocenters. The predicted molar refractivity (Wildman–Crippen MR) is 102 cm³/mol. The number of halogens is 4. The first-order chi connectivity index (χ1) is 12.7. The lowest BCUT2D eigenvalue weighted by Crippen LogP contribution is -2.36. The smallest absolute Gasteiger partial charge is 0.308 e. The molecule has 0 aliphatic heterocycles. The van der Waals surface area contributed by atoms with Gasteiger partial charge in [-0.05, 0) is 19.1 Å². The molecule has 1 amide bonds. The van der Waals surface area contributed by atoms with E-state index >= 15 is 0 Å². The van der Waals surface area contributed by atoms with E-state index in [2.05, 4.69) is 10.1 Å². The second-order valence-electron chi connectivity index (χ2n) is 5.88. The number of amides is 1. The van der Waals surface area contributed by atoms with Gasteiger partial charge in [-0.3, -0.25) is 9.78 Å². The number of carbonyl (C=O) groups is 1. The Balaban J connectivity index is 2.05. The minimum Gasteiger partial charge on any atom is -0.308 e. The van der Waals surface area contributed by atoms with Crippen molar-refractivity contribution in [2.45, 2.75) is 26.4 Å². The molecule has 2 rings (SSSR count). The number of alkyl halides is 3. The van der Waals surface area contributed by atoms with Gasteiger partial charge >= 0.3 is 6.18 Å². The molecule has 0 aromatic carbocycles. The SMILES string of the molecule is CCN(C(=O)C(C)CSCCC(F)(F)F)c1cn(-c2cccnc2)nc1Cl. The fourth-order valence-electron chi connectivity index (χ4n) is 2.38. The van der Waals surface area contributed by atoms with Gasteiger partial charge in [0.25, 0.3) is 0 Å². The zero-order valence-corrected chi connectivity index (χ0v) is 16.5. The highest BCUT2D eigenvalue weighted by molar-refractivity contribution is 7.99. The molecule has 0 aliphatic rings. The Hall–Kier alpha value is -1.74. The van der Waals surface area contributed by atoms with Crippen LogP contribution in [0.15, 0.2) is 30.7 Å². The van der Waals surface area contributed by atoms with Crippen LogP contribution in [0.1, 0.15) is 20.3 Å². The first kappa shape index (κ1) is 21.6. The van der Waals surface area contributed by atoms with E-state index in [1.807, 2.05) is 0 Å². The highest BCUT2D eigenvalue weighted by atomic mass is 35.5. The molecule has 5 nitrogen and oxygen atoms in total. The topological polar surface area (TPSA) is 51.0 Å². The van der Waals surface area contributed by atoms with Crippen LogP contribution in [-0.2, 0) is 4.79 Å². The van der Waals surface area contributed by atoms with Crippen molar-refractivity contribution in [3.8, 4) is 5.69 Å². The van der Waals surface area contributed by atoms with Gasteiger partial charge in [0.1, 0.15) is 5.69 Å². The zero-order chi connectivity index (χ0) is 20.0. The average molecular weight is 421 g/mol. The fraction of sp³-hybridized carbons (Fsp3) is 0.471. The number of aromatic nitrogens is 3. The third-order valence-electron chi connectivity index (χ3n) is 3.75. The molecule has 0 saturated heterocycles. The summed E-state index contributed by atoms with van der Waals surface area (Å²) in [6.45, 7) is 3.87. The molecule has 148 valence electrons. The minimum absolute atomic E-state index is 0.0626. The van der Waals surface area contributed by atoms with Crippen LogP contribution >= 0.6 is 23.4 Å². The minimum atomic E-state index is -4.18. The number of thioether (sulfide) groups is 1. The Morgan fingerprint density at radius 3 is 2.78 bits per heavy atom. The molecule has 0 bridgehead atoms. The van der Waals surface area contributed by atoms with Crippen molar-refractivity contribution in [2.75, 3.05) is 23.0 Å². The van der Waals surface area contributed by atoms with Gasteiger partial charge in [0, 0.05) is 30.2 Å². The summed E-state index contributed by atoms with van der Waals surface area (Å²) in [4.78, 5) is 18.3. The summed E-state index contributed by atoms with van der Waals surface area (Å²) in [6.07, 6.45) is -0.144. The van der Waals surface area contributed by atoms with Crippen LogP contribution in [0.3, 0.4) is 0 Å². The molecule has 0 aliphatic carbocycles. The Labute approximate surface area is 164 Å². The summed E-state index contributed by atoms with van der Waals surface area (Å²) < 4.78 is 38.2. The van der Waals surface area contributed by atoms with Gasteiger partial charge in [-0.25, -0.2) is 4.68 Å². The monoisotopic (exact) mass is 420 g/mol. The maximum Gasteiger partial charge on any atom is 0.389 e. The zero-order valence-electron chi connectivity index (χ0n) is 14.9. The largest absolute Gasteiger partial charge is 0.389 e. The van der Waals surface area contributed by atoms with E-state index in [4.69, 9.17) is 11.6 Å². The van der Waals surface area contributed by atoms with Gasteiger partial charge < -0.3 is 4.90 Å². The van der Waals surface area contributed by atoms with E-state index in [0.29, 0.717) is 23.7 Å². The van der Waals surface area contributed by atoms with E-state index < -0.39 is 18.5 Å². The molecule has 2 aromatic rings. The van der Waals surface area contributed by atoms with Crippen molar-refractivity contribution < 1.29 is 18.0 Å². The normalized spacial score (nSPS) is 12.8. The molecule has 0 spiro atoms. The summed E-state index contributed by atoms with van der Waals surface area (Å²) in [7, 11) is 0. The van der Waals surface area contributed by atoms with E-state index in [-0.39, 0.29) is 16.8 Å². The number of carbonyl (C=O) groups excluding carboxylic acids is 1. The second-order valence-corrected chi connectivity index (χ2v) is 7.39. The van der Waals surface area contributed by atoms with Crippen LogP contribution in [0.4, 0.5) is 18.9 Å². The number of hydrogen-bond acceptors (Lipinski definition) is 4. The summed E-state index contributed by atoms with van der Waals surface area (Å²) in [5, 5.41) is 4.38. The molecular formula is C17H20ClF3N4OS. The Morgan fingerprint density at radius 2 is 2.19 bits per heavy atom. The molecule has 0 saturated carbocycles. The maximum absolute atomic E-state index is 12.7. The van der Waals surface area contributed by atoms with Crippen LogP contribution in [0, 0.1) is 5.92 Å². The lowest BCUT2D eigenvalue weighted by molar-refractivity contribution is -0.129. The Morgan fingerprint density at radius 1 is 1.44 bits per heavy atom. The third-order valence-corrected chi connectivity index (χ3v) is 5.25. The number of rotatable bonds is 8. The molecule has 0 N–H and O–H groups in total. The van der Waals surface area contributed by atoms with Gasteiger partial charge in [0.05, 0.1) is 24.5 Å². The summed E-state index contributed by atoms with van der Waals surface area (Å²) in [6, 6.07) is 3.56. The number of nitrogens with zero attached hydrogens (tertiary/aromatic N) is 4. The fourth-order valence-corrected chi connectivity index (χ4v) is 3.65. The van der Waals surface area contributed by atoms with E-state index in [1.54, 1.807) is 44.6 Å². The molecule has 1 unspecified atom stereocenters. The van der Waals surface area contributed by atoms with Crippen molar-refractivity contribution in [1.82, 2.24) is 14.8 Å². The highest BCUT2D eigenvalue weighted by Gasteiger charge is 2.28. The van der Waals surface area contributed by atoms with E-state index in [9.17, 15) is 18.0 Å². The van der Waals surface area contributed by atoms with Crippen molar-refractivity contribution in [2.24, 2.45) is 5.92 Å². The number of pyridine rings is 1. The molecular weight excluding hydrogens is 401 g/mol. The van der Waals surface area contributed by atoms with Crippen molar-refractivity contribution >= 4 is 35.0 Å². The van der Waals surface area contributed by atoms with E-state index in [1.165, 1.54) is 9.58 Å². The van der Waals surface area contributed by atoms with Crippen LogP contribution in [0.5, 0.6) is 0 Å². The van der Waals surface area contributed by atoms with Crippen molar-refractivity contribution in [3.05, 3.63) is 35.9 Å². The molecule has 0 radical (unpaired) electrons. The predicted octanol–water partition coefficient (Wildman–Crippen LogP) is 4.60.